The summed E-state index contributed by atoms with van der Waals surface area (Å²) in [6.07, 6.45) is 1.28. The second kappa shape index (κ2) is 5.13. The number of carboxylic acid groups (broad SMARTS) is 1. The third kappa shape index (κ3) is 2.90. The molecule has 1 aromatic rings. The van der Waals surface area contributed by atoms with Crippen LogP contribution in [0.15, 0.2) is 18.2 Å². The summed E-state index contributed by atoms with van der Waals surface area (Å²) in [6.45, 7) is 5.67. The van der Waals surface area contributed by atoms with Gasteiger partial charge in [-0.15, -0.1) is 0 Å². The fourth-order valence-electron chi connectivity index (χ4n) is 3.25. The largest absolute Gasteiger partial charge is 0.479 e. The van der Waals surface area contributed by atoms with Gasteiger partial charge in [0.05, 0.1) is 0 Å². The maximum atomic E-state index is 12.5. The molecule has 1 spiro atoms. The molecule has 23 heavy (non-hydrogen) atoms. The van der Waals surface area contributed by atoms with Crippen molar-refractivity contribution in [1.82, 2.24) is 4.90 Å². The molecule has 5 nitrogen and oxygen atoms in total. The first-order valence-electron chi connectivity index (χ1n) is 7.65. The van der Waals surface area contributed by atoms with Crippen LogP contribution >= 0.6 is 11.6 Å². The van der Waals surface area contributed by atoms with Crippen molar-refractivity contribution < 1.29 is 19.4 Å². The molecule has 0 saturated heterocycles. The number of halogens is 1. The van der Waals surface area contributed by atoms with Crippen LogP contribution in [0.25, 0.3) is 0 Å². The Morgan fingerprint density at radius 1 is 1.35 bits per heavy atom. The number of rotatable bonds is 1. The lowest BCUT2D eigenvalue weighted by Gasteiger charge is -2.40. The molecule has 1 saturated carbocycles. The summed E-state index contributed by atoms with van der Waals surface area (Å²) in [5.41, 5.74) is 0.766. The molecule has 1 atom stereocenters. The number of hydrogen-bond acceptors (Lipinski definition) is 3. The lowest BCUT2D eigenvalue weighted by molar-refractivity contribution is -0.144. The number of hydrogen-bond donors (Lipinski definition) is 1. The van der Waals surface area contributed by atoms with Gasteiger partial charge in [0.15, 0.2) is 6.04 Å². The van der Waals surface area contributed by atoms with Gasteiger partial charge in [0.2, 0.25) is 0 Å². The molecule has 3 rings (SSSR count). The molecule has 2 aliphatic rings. The van der Waals surface area contributed by atoms with Gasteiger partial charge in [-0.2, -0.15) is 0 Å². The Bertz CT molecular complexity index is 676. The van der Waals surface area contributed by atoms with E-state index in [1.54, 1.807) is 32.9 Å². The predicted molar refractivity (Wildman–Crippen MR) is 85.7 cm³/mol. The number of carbonyl (C=O) groups is 2. The zero-order chi connectivity index (χ0) is 17.0. The van der Waals surface area contributed by atoms with Crippen molar-refractivity contribution in [2.24, 2.45) is 0 Å². The van der Waals surface area contributed by atoms with Crippen LogP contribution in [-0.4, -0.2) is 34.2 Å². The number of fused-ring (bicyclic) bond motifs is 2. The minimum atomic E-state index is -1.07. The second-order valence-electron chi connectivity index (χ2n) is 7.36. The molecule has 0 aromatic heterocycles. The summed E-state index contributed by atoms with van der Waals surface area (Å²) in [5, 5.41) is 10.2. The van der Waals surface area contributed by atoms with Crippen molar-refractivity contribution in [3.05, 3.63) is 34.3 Å². The molecule has 0 bridgehead atoms. The summed E-state index contributed by atoms with van der Waals surface area (Å²) in [5.74, 6) is -1.07. The molecule has 1 aromatic carbocycles. The standard InChI is InChI=1S/C17H20ClNO4/c1-16(2,3)23-15(22)19-9-17(6-7-17)12-5-4-10(18)8-11(12)13(19)14(20)21/h4-5,8,13H,6-7,9H2,1-3H3,(H,20,21). The van der Waals surface area contributed by atoms with Gasteiger partial charge in [0.1, 0.15) is 5.60 Å². The number of aliphatic carboxylic acids is 1. The van der Waals surface area contributed by atoms with Gasteiger partial charge in [-0.3, -0.25) is 4.90 Å². The molecule has 1 aliphatic carbocycles. The molecule has 6 heteroatoms. The fraction of sp³-hybridized carbons (Fsp3) is 0.529. The van der Waals surface area contributed by atoms with E-state index in [4.69, 9.17) is 16.3 Å². The Balaban J connectivity index is 2.05. The van der Waals surface area contributed by atoms with Crippen LogP contribution in [-0.2, 0) is 14.9 Å². The number of carbonyl (C=O) groups excluding carboxylic acids is 1. The Hall–Kier alpha value is -1.75. The normalized spacial score (nSPS) is 21.7. The van der Waals surface area contributed by atoms with Crippen LogP contribution in [0.4, 0.5) is 4.79 Å². The van der Waals surface area contributed by atoms with Crippen LogP contribution in [0.3, 0.4) is 0 Å². The van der Waals surface area contributed by atoms with E-state index in [0.717, 1.165) is 18.4 Å². The number of benzene rings is 1. The molecule has 1 aliphatic heterocycles. The fourth-order valence-corrected chi connectivity index (χ4v) is 3.43. The molecule has 1 amide bonds. The van der Waals surface area contributed by atoms with E-state index in [9.17, 15) is 14.7 Å². The van der Waals surface area contributed by atoms with E-state index in [1.165, 1.54) is 4.90 Å². The zero-order valence-electron chi connectivity index (χ0n) is 13.4. The number of ether oxygens (including phenoxy) is 1. The smallest absolute Gasteiger partial charge is 0.411 e. The Morgan fingerprint density at radius 2 is 2.00 bits per heavy atom. The van der Waals surface area contributed by atoms with Gasteiger partial charge >= 0.3 is 12.1 Å². The maximum Gasteiger partial charge on any atom is 0.411 e. The van der Waals surface area contributed by atoms with Crippen molar-refractivity contribution in [3.63, 3.8) is 0 Å². The van der Waals surface area contributed by atoms with Gasteiger partial charge in [-0.1, -0.05) is 17.7 Å². The third-order valence-corrected chi connectivity index (χ3v) is 4.61. The molecule has 1 unspecified atom stereocenters. The SMILES string of the molecule is CC(C)(C)OC(=O)N1CC2(CC2)c2ccc(Cl)cc2C1C(=O)O. The average molecular weight is 338 g/mol. The van der Waals surface area contributed by atoms with E-state index in [1.807, 2.05) is 6.07 Å². The molecule has 1 heterocycles. The third-order valence-electron chi connectivity index (χ3n) is 4.38. The highest BCUT2D eigenvalue weighted by molar-refractivity contribution is 6.30. The van der Waals surface area contributed by atoms with Gasteiger partial charge in [-0.25, -0.2) is 9.59 Å². The number of carboxylic acids is 1. The lowest BCUT2D eigenvalue weighted by atomic mass is 9.83. The van der Waals surface area contributed by atoms with Crippen molar-refractivity contribution in [2.75, 3.05) is 6.54 Å². The van der Waals surface area contributed by atoms with Crippen LogP contribution in [0.2, 0.25) is 5.02 Å². The Morgan fingerprint density at radius 3 is 2.52 bits per heavy atom. The molecule has 1 N–H and O–H groups in total. The van der Waals surface area contributed by atoms with E-state index in [-0.39, 0.29) is 5.41 Å². The van der Waals surface area contributed by atoms with Crippen molar-refractivity contribution >= 4 is 23.7 Å². The van der Waals surface area contributed by atoms with Gasteiger partial charge in [0.25, 0.3) is 0 Å². The summed E-state index contributed by atoms with van der Waals surface area (Å²) in [4.78, 5) is 25.7. The highest BCUT2D eigenvalue weighted by atomic mass is 35.5. The maximum absolute atomic E-state index is 12.5. The molecule has 0 radical (unpaired) electrons. The van der Waals surface area contributed by atoms with E-state index >= 15 is 0 Å². The van der Waals surface area contributed by atoms with E-state index in [2.05, 4.69) is 0 Å². The number of amides is 1. The lowest BCUT2D eigenvalue weighted by Crippen LogP contribution is -2.49. The van der Waals surface area contributed by atoms with Gasteiger partial charge in [0, 0.05) is 17.0 Å². The van der Waals surface area contributed by atoms with Crippen LogP contribution < -0.4 is 0 Å². The topological polar surface area (TPSA) is 66.8 Å². The monoisotopic (exact) mass is 337 g/mol. The average Bonchev–Trinajstić information content (AvgIpc) is 3.16. The molecular formula is C17H20ClNO4. The first-order valence-corrected chi connectivity index (χ1v) is 8.03. The summed E-state index contributed by atoms with van der Waals surface area (Å²) >= 11 is 6.07. The zero-order valence-corrected chi connectivity index (χ0v) is 14.2. The van der Waals surface area contributed by atoms with Crippen LogP contribution in [0.1, 0.15) is 50.8 Å². The summed E-state index contributed by atoms with van der Waals surface area (Å²) in [7, 11) is 0. The first-order chi connectivity index (χ1) is 10.6. The Kier molecular flexibility index (Phi) is 3.59. The molecule has 1 fully saturated rings. The Labute approximate surface area is 140 Å². The minimum absolute atomic E-state index is 0.150. The van der Waals surface area contributed by atoms with Crippen molar-refractivity contribution in [3.8, 4) is 0 Å². The molecule has 124 valence electrons. The van der Waals surface area contributed by atoms with Crippen LogP contribution in [0.5, 0.6) is 0 Å². The quantitative estimate of drug-likeness (QED) is 0.847. The first kappa shape index (κ1) is 16.1. The summed E-state index contributed by atoms with van der Waals surface area (Å²) < 4.78 is 5.41. The highest BCUT2D eigenvalue weighted by Gasteiger charge is 2.54. The minimum Gasteiger partial charge on any atom is -0.479 e. The number of nitrogens with zero attached hydrogens (tertiary/aromatic N) is 1. The molecular weight excluding hydrogens is 318 g/mol. The van der Waals surface area contributed by atoms with Gasteiger partial charge in [-0.05, 0) is 56.9 Å². The highest BCUT2D eigenvalue weighted by Crippen LogP contribution is 2.55. The van der Waals surface area contributed by atoms with E-state index in [0.29, 0.717) is 17.1 Å². The van der Waals surface area contributed by atoms with Crippen LogP contribution in [0, 0.1) is 0 Å². The van der Waals surface area contributed by atoms with Crippen molar-refractivity contribution in [2.45, 2.75) is 50.7 Å². The van der Waals surface area contributed by atoms with Gasteiger partial charge < -0.3 is 9.84 Å². The van der Waals surface area contributed by atoms with E-state index < -0.39 is 23.7 Å². The predicted octanol–water partition coefficient (Wildman–Crippen LogP) is 3.75. The summed E-state index contributed by atoms with van der Waals surface area (Å²) in [6, 6.07) is 4.27. The second-order valence-corrected chi connectivity index (χ2v) is 7.80. The van der Waals surface area contributed by atoms with Crippen molar-refractivity contribution in [1.29, 1.82) is 0 Å².